The Morgan fingerprint density at radius 1 is 0.473 bits per heavy atom. The van der Waals surface area contributed by atoms with Crippen molar-refractivity contribution >= 4 is 19.7 Å². The van der Waals surface area contributed by atoms with Gasteiger partial charge in [0.25, 0.3) is 0 Å². The molecule has 0 bridgehead atoms. The van der Waals surface area contributed by atoms with Gasteiger partial charge in [-0.2, -0.15) is 0 Å². The number of hydrogen-bond acceptors (Lipinski definition) is 6. The number of unbranched alkanes of at least 4 members (excludes halogenated alkanes) is 38. The van der Waals surface area contributed by atoms with Gasteiger partial charge in [-0.3, -0.25) is 18.6 Å². The zero-order valence-corrected chi connectivity index (χ0v) is 50.7. The molecule has 1 amide bonds. The highest BCUT2D eigenvalue weighted by Crippen LogP contribution is 2.43. The lowest BCUT2D eigenvalue weighted by Gasteiger charge is -2.27. The molecule has 0 aromatic carbocycles. The number of nitrogens with zero attached hydrogens (tertiary/aromatic N) is 1. The third-order valence-electron chi connectivity index (χ3n) is 14.3. The van der Waals surface area contributed by atoms with Crippen LogP contribution >= 0.6 is 7.82 Å². The standard InChI is InChI=1S/C64H123N2O7P/c1-7-10-13-16-19-22-25-27-29-31-32-33-34-35-37-39-42-45-48-51-54-57-64(68)73-62(55-52-49-46-43-40-24-21-18-15-12-9-3)61(60-72-74(69,70)71-59-58-66(4,5)6)65-63(67)56-53-50-47-44-41-38-36-30-28-26-23-20-17-14-11-8-2/h19,22,27,29,52,55,61-62H,7-18,20-21,23-26,28,30-51,53-54,56-60H2,1-6H3,(H-,65,67,69,70)/p+1/b22-19-,29-27-,55-52+. The topological polar surface area (TPSA) is 111 Å². The van der Waals surface area contributed by atoms with E-state index in [9.17, 15) is 19.0 Å². The first-order valence-electron chi connectivity index (χ1n) is 31.8. The summed E-state index contributed by atoms with van der Waals surface area (Å²) in [7, 11) is 1.51. The largest absolute Gasteiger partial charge is 0.472 e. The van der Waals surface area contributed by atoms with Gasteiger partial charge in [-0.05, 0) is 63.9 Å². The molecule has 0 aromatic rings. The van der Waals surface area contributed by atoms with Gasteiger partial charge in [0.2, 0.25) is 5.91 Å². The fraction of sp³-hybridized carbons (Fsp3) is 0.875. The Bertz CT molecular complexity index is 1360. The van der Waals surface area contributed by atoms with Crippen molar-refractivity contribution in [3.8, 4) is 0 Å². The molecule has 0 saturated heterocycles. The second-order valence-electron chi connectivity index (χ2n) is 22.9. The number of phosphoric acid groups is 1. The van der Waals surface area contributed by atoms with E-state index in [0.717, 1.165) is 64.2 Å². The SMILES string of the molecule is CCCCC/C=C\C/C=C\CCCCCCCCCCCCCC(=O)OC(/C=C/CCCCCCCCCCC)C(COP(=O)(O)OCC[N+](C)(C)C)NC(=O)CCCCCCCCCCCCCCCCCC. The minimum Gasteiger partial charge on any atom is -0.456 e. The number of likely N-dealkylation sites (N-methyl/N-ethyl adjacent to an activating group) is 1. The van der Waals surface area contributed by atoms with Gasteiger partial charge in [0.15, 0.2) is 0 Å². The van der Waals surface area contributed by atoms with Crippen LogP contribution in [0.4, 0.5) is 0 Å². The van der Waals surface area contributed by atoms with Crippen molar-refractivity contribution in [3.63, 3.8) is 0 Å². The number of phosphoric ester groups is 1. The first kappa shape index (κ1) is 72.2. The average molecular weight is 1060 g/mol. The molecule has 9 nitrogen and oxygen atoms in total. The molecule has 0 spiro atoms. The molecule has 0 radical (unpaired) electrons. The van der Waals surface area contributed by atoms with Crippen molar-refractivity contribution in [3.05, 3.63) is 36.5 Å². The minimum atomic E-state index is -4.44. The van der Waals surface area contributed by atoms with Crippen LogP contribution in [0.25, 0.3) is 0 Å². The number of allylic oxidation sites excluding steroid dienone is 5. The lowest BCUT2D eigenvalue weighted by Crippen LogP contribution is -2.47. The molecule has 0 aromatic heterocycles. The summed E-state index contributed by atoms with van der Waals surface area (Å²) in [5.74, 6) is -0.493. The van der Waals surface area contributed by atoms with Gasteiger partial charge >= 0.3 is 13.8 Å². The summed E-state index contributed by atoms with van der Waals surface area (Å²) in [5, 5.41) is 3.06. The summed E-state index contributed by atoms with van der Waals surface area (Å²) in [6.07, 6.45) is 65.7. The normalized spacial score (nSPS) is 13.9. The number of carbonyl (C=O) groups excluding carboxylic acids is 2. The average Bonchev–Trinajstić information content (AvgIpc) is 3.36. The Balaban J connectivity index is 5.15. The van der Waals surface area contributed by atoms with Gasteiger partial charge < -0.3 is 19.4 Å². The van der Waals surface area contributed by atoms with Crippen LogP contribution in [0.2, 0.25) is 0 Å². The first-order chi connectivity index (χ1) is 35.9. The van der Waals surface area contributed by atoms with Crippen LogP contribution in [0.5, 0.6) is 0 Å². The van der Waals surface area contributed by atoms with Crippen molar-refractivity contribution in [1.82, 2.24) is 5.32 Å². The number of esters is 1. The van der Waals surface area contributed by atoms with Crippen LogP contribution in [0.3, 0.4) is 0 Å². The quantitative estimate of drug-likeness (QED) is 0.0205. The van der Waals surface area contributed by atoms with E-state index in [1.807, 2.05) is 33.3 Å². The number of rotatable bonds is 58. The Morgan fingerprint density at radius 3 is 1.24 bits per heavy atom. The summed E-state index contributed by atoms with van der Waals surface area (Å²) >= 11 is 0. The van der Waals surface area contributed by atoms with E-state index >= 15 is 0 Å². The van der Waals surface area contributed by atoms with Crippen LogP contribution in [0.15, 0.2) is 36.5 Å². The van der Waals surface area contributed by atoms with Gasteiger partial charge in [-0.1, -0.05) is 269 Å². The minimum absolute atomic E-state index is 0.0425. The predicted octanol–water partition coefficient (Wildman–Crippen LogP) is 19.5. The zero-order chi connectivity index (χ0) is 54.3. The van der Waals surface area contributed by atoms with E-state index in [2.05, 4.69) is 50.4 Å². The molecule has 10 heteroatoms. The highest BCUT2D eigenvalue weighted by atomic mass is 31.2. The van der Waals surface area contributed by atoms with Gasteiger partial charge in [0.05, 0.1) is 33.8 Å². The molecule has 2 N–H and O–H groups in total. The molecular weight excluding hydrogens is 940 g/mol. The van der Waals surface area contributed by atoms with Crippen LogP contribution < -0.4 is 5.32 Å². The van der Waals surface area contributed by atoms with Crippen molar-refractivity contribution < 1.29 is 37.3 Å². The third-order valence-corrected chi connectivity index (χ3v) is 15.3. The van der Waals surface area contributed by atoms with Gasteiger partial charge in [0.1, 0.15) is 19.3 Å². The highest BCUT2D eigenvalue weighted by molar-refractivity contribution is 7.47. The second-order valence-corrected chi connectivity index (χ2v) is 24.4. The molecular formula is C64H124N2O7P+. The van der Waals surface area contributed by atoms with Crippen molar-refractivity contribution in [2.75, 3.05) is 40.9 Å². The van der Waals surface area contributed by atoms with Gasteiger partial charge in [-0.15, -0.1) is 0 Å². The zero-order valence-electron chi connectivity index (χ0n) is 49.9. The van der Waals surface area contributed by atoms with Crippen LogP contribution in [-0.2, 0) is 27.9 Å². The third kappa shape index (κ3) is 55.0. The monoisotopic (exact) mass is 1060 g/mol. The summed E-state index contributed by atoms with van der Waals surface area (Å²) < 4.78 is 30.7. The van der Waals surface area contributed by atoms with E-state index in [-0.39, 0.29) is 25.1 Å². The molecule has 0 aliphatic heterocycles. The van der Waals surface area contributed by atoms with Crippen molar-refractivity contribution in [2.45, 2.75) is 322 Å². The molecule has 0 fully saturated rings. The summed E-state index contributed by atoms with van der Waals surface area (Å²) in [6, 6.07) is -0.844. The van der Waals surface area contributed by atoms with E-state index in [1.165, 1.54) is 212 Å². The second kappa shape index (κ2) is 54.6. The van der Waals surface area contributed by atoms with Crippen LogP contribution in [0, 0.1) is 0 Å². The van der Waals surface area contributed by atoms with E-state index in [1.54, 1.807) is 0 Å². The highest BCUT2D eigenvalue weighted by Gasteiger charge is 2.30. The van der Waals surface area contributed by atoms with Crippen molar-refractivity contribution in [2.24, 2.45) is 0 Å². The number of nitrogens with one attached hydrogen (secondary N) is 1. The number of carbonyl (C=O) groups is 2. The lowest BCUT2D eigenvalue weighted by molar-refractivity contribution is -0.870. The Labute approximate surface area is 459 Å². The molecule has 0 aliphatic carbocycles. The Morgan fingerprint density at radius 2 is 0.824 bits per heavy atom. The maximum absolute atomic E-state index is 13.5. The lowest BCUT2D eigenvalue weighted by atomic mass is 10.0. The number of quaternary nitrogens is 1. The van der Waals surface area contributed by atoms with Crippen molar-refractivity contribution in [1.29, 1.82) is 0 Å². The summed E-state index contributed by atoms with van der Waals surface area (Å²) in [5.41, 5.74) is 0. The maximum atomic E-state index is 13.5. The maximum Gasteiger partial charge on any atom is 0.472 e. The van der Waals surface area contributed by atoms with E-state index in [0.29, 0.717) is 23.9 Å². The predicted molar refractivity (Wildman–Crippen MR) is 319 cm³/mol. The van der Waals surface area contributed by atoms with E-state index < -0.39 is 20.0 Å². The fourth-order valence-electron chi connectivity index (χ4n) is 9.38. The molecule has 0 rings (SSSR count). The molecule has 436 valence electrons. The van der Waals surface area contributed by atoms with Crippen LogP contribution in [0.1, 0.15) is 310 Å². The molecule has 3 atom stereocenters. The molecule has 3 unspecified atom stereocenters. The van der Waals surface area contributed by atoms with E-state index in [4.69, 9.17) is 13.8 Å². The Kier molecular flexibility index (Phi) is 53.3. The van der Waals surface area contributed by atoms with Gasteiger partial charge in [0, 0.05) is 12.8 Å². The number of hydrogen-bond donors (Lipinski definition) is 2. The first-order valence-corrected chi connectivity index (χ1v) is 33.3. The fourth-order valence-corrected chi connectivity index (χ4v) is 10.1. The van der Waals surface area contributed by atoms with Gasteiger partial charge in [-0.25, -0.2) is 4.57 Å². The smallest absolute Gasteiger partial charge is 0.456 e. The Hall–Kier alpha value is -1.77. The molecule has 0 saturated carbocycles. The molecule has 74 heavy (non-hydrogen) atoms. The summed E-state index contributed by atoms with van der Waals surface area (Å²) in [6.45, 7) is 7.02. The number of amides is 1. The summed E-state index contributed by atoms with van der Waals surface area (Å²) in [4.78, 5) is 37.7. The van der Waals surface area contributed by atoms with Crippen LogP contribution in [-0.4, -0.2) is 74.3 Å². The number of ether oxygens (including phenoxy) is 1. The molecule has 0 aliphatic rings. The molecule has 0 heterocycles.